The van der Waals surface area contributed by atoms with Crippen LogP contribution < -0.4 is 5.32 Å². The lowest BCUT2D eigenvalue weighted by atomic mass is 9.89. The SMILES string of the molecule is CCN(CC)CCCNc1ncnc2sc3c(c12)CC[C@H](C)C3. The van der Waals surface area contributed by atoms with Crippen LogP contribution in [0.25, 0.3) is 10.2 Å². The molecule has 0 fully saturated rings. The van der Waals surface area contributed by atoms with Crippen LogP contribution in [0.1, 0.15) is 44.1 Å². The largest absolute Gasteiger partial charge is 0.369 e. The monoisotopic (exact) mass is 332 g/mol. The molecule has 0 aliphatic heterocycles. The molecule has 2 heterocycles. The van der Waals surface area contributed by atoms with E-state index in [1.807, 2.05) is 11.3 Å². The molecule has 0 saturated carbocycles. The average Bonchev–Trinajstić information content (AvgIpc) is 2.93. The molecule has 1 atom stereocenters. The van der Waals surface area contributed by atoms with Gasteiger partial charge in [0, 0.05) is 11.4 Å². The molecule has 3 rings (SSSR count). The number of rotatable bonds is 7. The Bertz CT molecular complexity index is 648. The highest BCUT2D eigenvalue weighted by atomic mass is 32.1. The molecule has 23 heavy (non-hydrogen) atoms. The van der Waals surface area contributed by atoms with Gasteiger partial charge < -0.3 is 10.2 Å². The van der Waals surface area contributed by atoms with Gasteiger partial charge in [-0.25, -0.2) is 9.97 Å². The summed E-state index contributed by atoms with van der Waals surface area (Å²) in [5, 5.41) is 4.86. The predicted molar refractivity (Wildman–Crippen MR) is 99.5 cm³/mol. The third-order valence-corrected chi connectivity index (χ3v) is 6.09. The molecule has 2 aromatic rings. The van der Waals surface area contributed by atoms with Gasteiger partial charge in [0.2, 0.25) is 0 Å². The Hall–Kier alpha value is -1.20. The summed E-state index contributed by atoms with van der Waals surface area (Å²) in [6.07, 6.45) is 6.53. The molecule has 0 aromatic carbocycles. The third-order valence-electron chi connectivity index (χ3n) is 4.93. The zero-order valence-electron chi connectivity index (χ0n) is 14.6. The topological polar surface area (TPSA) is 41.0 Å². The molecular formula is C18H28N4S. The molecule has 0 saturated heterocycles. The zero-order chi connectivity index (χ0) is 16.2. The molecule has 1 aliphatic rings. The van der Waals surface area contributed by atoms with Crippen molar-refractivity contribution in [3.8, 4) is 0 Å². The third kappa shape index (κ3) is 3.66. The van der Waals surface area contributed by atoms with Crippen molar-refractivity contribution < 1.29 is 0 Å². The first-order chi connectivity index (χ1) is 11.2. The zero-order valence-corrected chi connectivity index (χ0v) is 15.4. The number of aromatic nitrogens is 2. The van der Waals surface area contributed by atoms with Gasteiger partial charge in [-0.2, -0.15) is 0 Å². The van der Waals surface area contributed by atoms with Crippen LogP contribution in [0.5, 0.6) is 0 Å². The fourth-order valence-electron chi connectivity index (χ4n) is 3.46. The second kappa shape index (κ2) is 7.58. The Morgan fingerprint density at radius 2 is 2.13 bits per heavy atom. The van der Waals surface area contributed by atoms with Crippen molar-refractivity contribution in [2.45, 2.75) is 46.5 Å². The van der Waals surface area contributed by atoms with Crippen LogP contribution >= 0.6 is 11.3 Å². The summed E-state index contributed by atoms with van der Waals surface area (Å²) in [4.78, 5) is 14.2. The molecule has 5 heteroatoms. The van der Waals surface area contributed by atoms with E-state index in [0.29, 0.717) is 0 Å². The molecule has 126 valence electrons. The minimum Gasteiger partial charge on any atom is -0.369 e. The van der Waals surface area contributed by atoms with Gasteiger partial charge >= 0.3 is 0 Å². The van der Waals surface area contributed by atoms with E-state index in [4.69, 9.17) is 0 Å². The minimum atomic E-state index is 0.800. The van der Waals surface area contributed by atoms with Crippen LogP contribution in [0.2, 0.25) is 0 Å². The summed E-state index contributed by atoms with van der Waals surface area (Å²) in [6, 6.07) is 0. The van der Waals surface area contributed by atoms with Gasteiger partial charge in [-0.1, -0.05) is 20.8 Å². The number of nitrogens with zero attached hydrogens (tertiary/aromatic N) is 3. The lowest BCUT2D eigenvalue weighted by Crippen LogP contribution is -2.25. The van der Waals surface area contributed by atoms with E-state index in [2.05, 4.69) is 41.0 Å². The Labute approximate surface area is 143 Å². The fraction of sp³-hybridized carbons (Fsp3) is 0.667. The smallest absolute Gasteiger partial charge is 0.138 e. The van der Waals surface area contributed by atoms with Gasteiger partial charge in [0.1, 0.15) is 17.0 Å². The molecule has 0 radical (unpaired) electrons. The molecule has 0 bridgehead atoms. The van der Waals surface area contributed by atoms with Crippen LogP contribution in [0, 0.1) is 5.92 Å². The number of nitrogens with one attached hydrogen (secondary N) is 1. The molecule has 4 nitrogen and oxygen atoms in total. The molecule has 0 amide bonds. The van der Waals surface area contributed by atoms with Gasteiger partial charge in [0.05, 0.1) is 5.39 Å². The van der Waals surface area contributed by atoms with Gasteiger partial charge in [0.15, 0.2) is 0 Å². The van der Waals surface area contributed by atoms with E-state index in [9.17, 15) is 0 Å². The maximum absolute atomic E-state index is 4.53. The highest BCUT2D eigenvalue weighted by molar-refractivity contribution is 7.19. The lowest BCUT2D eigenvalue weighted by Gasteiger charge is -2.19. The first-order valence-corrected chi connectivity index (χ1v) is 9.76. The number of fused-ring (bicyclic) bond motifs is 3. The highest BCUT2D eigenvalue weighted by Gasteiger charge is 2.22. The van der Waals surface area contributed by atoms with Crippen LogP contribution in [0.4, 0.5) is 5.82 Å². The molecule has 0 spiro atoms. The molecular weight excluding hydrogens is 304 g/mol. The van der Waals surface area contributed by atoms with Gasteiger partial charge in [-0.05, 0) is 56.8 Å². The van der Waals surface area contributed by atoms with Gasteiger partial charge in [-0.3, -0.25) is 0 Å². The Morgan fingerprint density at radius 1 is 1.30 bits per heavy atom. The predicted octanol–water partition coefficient (Wildman–Crippen LogP) is 3.96. The summed E-state index contributed by atoms with van der Waals surface area (Å²) >= 11 is 1.87. The minimum absolute atomic E-state index is 0.800. The number of anilines is 1. The van der Waals surface area contributed by atoms with Crippen molar-refractivity contribution in [1.82, 2.24) is 14.9 Å². The first kappa shape index (κ1) is 16.7. The highest BCUT2D eigenvalue weighted by Crippen LogP contribution is 2.39. The van der Waals surface area contributed by atoms with E-state index in [1.54, 1.807) is 6.33 Å². The van der Waals surface area contributed by atoms with Crippen LogP contribution in [-0.4, -0.2) is 41.0 Å². The first-order valence-electron chi connectivity index (χ1n) is 8.94. The molecule has 2 aromatic heterocycles. The van der Waals surface area contributed by atoms with Crippen LogP contribution in [-0.2, 0) is 12.8 Å². The normalized spacial score (nSPS) is 17.7. The Morgan fingerprint density at radius 3 is 2.91 bits per heavy atom. The van der Waals surface area contributed by atoms with Crippen LogP contribution in [0.15, 0.2) is 6.33 Å². The summed E-state index contributed by atoms with van der Waals surface area (Å²) in [6.45, 7) is 11.2. The standard InChI is InChI=1S/C18H28N4S/c1-4-22(5-2)10-6-9-19-17-16-14-8-7-13(3)11-15(14)23-18(16)21-12-20-17/h12-13H,4-11H2,1-3H3,(H,19,20,21)/t13-/m0/s1. The molecule has 1 aliphatic carbocycles. The number of hydrogen-bond acceptors (Lipinski definition) is 5. The maximum atomic E-state index is 4.53. The summed E-state index contributed by atoms with van der Waals surface area (Å²) in [7, 11) is 0. The number of hydrogen-bond donors (Lipinski definition) is 1. The fourth-order valence-corrected chi connectivity index (χ4v) is 4.81. The van der Waals surface area contributed by atoms with Crippen molar-refractivity contribution in [1.29, 1.82) is 0 Å². The maximum Gasteiger partial charge on any atom is 0.138 e. The quantitative estimate of drug-likeness (QED) is 0.779. The number of aryl methyl sites for hydroxylation is 1. The van der Waals surface area contributed by atoms with E-state index in [1.165, 1.54) is 35.1 Å². The average molecular weight is 333 g/mol. The summed E-state index contributed by atoms with van der Waals surface area (Å²) in [5.74, 6) is 1.84. The summed E-state index contributed by atoms with van der Waals surface area (Å²) in [5.41, 5.74) is 1.51. The van der Waals surface area contributed by atoms with Crippen molar-refractivity contribution in [3.63, 3.8) is 0 Å². The molecule has 0 unspecified atom stereocenters. The van der Waals surface area contributed by atoms with Gasteiger partial charge in [-0.15, -0.1) is 11.3 Å². The van der Waals surface area contributed by atoms with E-state index in [-0.39, 0.29) is 0 Å². The van der Waals surface area contributed by atoms with E-state index in [0.717, 1.165) is 49.2 Å². The van der Waals surface area contributed by atoms with Crippen molar-refractivity contribution in [2.24, 2.45) is 5.92 Å². The van der Waals surface area contributed by atoms with Crippen LogP contribution in [0.3, 0.4) is 0 Å². The second-order valence-corrected chi connectivity index (χ2v) is 7.65. The Kier molecular flexibility index (Phi) is 5.49. The number of thiophene rings is 1. The van der Waals surface area contributed by atoms with Crippen molar-refractivity contribution in [2.75, 3.05) is 31.5 Å². The molecule has 1 N–H and O–H groups in total. The van der Waals surface area contributed by atoms with Crippen molar-refractivity contribution in [3.05, 3.63) is 16.8 Å². The van der Waals surface area contributed by atoms with Gasteiger partial charge in [0.25, 0.3) is 0 Å². The van der Waals surface area contributed by atoms with Crippen molar-refractivity contribution >= 4 is 27.4 Å². The van der Waals surface area contributed by atoms with E-state index >= 15 is 0 Å². The second-order valence-electron chi connectivity index (χ2n) is 6.56. The van der Waals surface area contributed by atoms with E-state index < -0.39 is 0 Å². The summed E-state index contributed by atoms with van der Waals surface area (Å²) < 4.78 is 0. The Balaban J connectivity index is 1.71. The lowest BCUT2D eigenvalue weighted by molar-refractivity contribution is 0.303.